The van der Waals surface area contributed by atoms with E-state index in [1.807, 2.05) is 24.3 Å². The summed E-state index contributed by atoms with van der Waals surface area (Å²) in [5.74, 6) is 0.00119. The Morgan fingerprint density at radius 3 is 2.42 bits per heavy atom. The van der Waals surface area contributed by atoms with E-state index in [9.17, 15) is 9.59 Å². The van der Waals surface area contributed by atoms with Gasteiger partial charge in [-0.1, -0.05) is 48.5 Å². The second-order valence-electron chi connectivity index (χ2n) is 7.05. The normalized spacial score (nSPS) is 23.7. The lowest BCUT2D eigenvalue weighted by molar-refractivity contribution is -0.121. The topological polar surface area (TPSA) is 55.8 Å². The van der Waals surface area contributed by atoms with Gasteiger partial charge in [0.25, 0.3) is 0 Å². The van der Waals surface area contributed by atoms with Gasteiger partial charge in [0, 0.05) is 12.5 Å². The molecule has 2 aromatic rings. The molecule has 2 saturated heterocycles. The Morgan fingerprint density at radius 2 is 1.73 bits per heavy atom. The van der Waals surface area contributed by atoms with Gasteiger partial charge in [-0.05, 0) is 28.7 Å². The molecular formula is C21H19NO4. The molecule has 3 aliphatic rings. The first-order valence-electron chi connectivity index (χ1n) is 9.00. The van der Waals surface area contributed by atoms with Crippen molar-refractivity contribution in [1.29, 1.82) is 0 Å². The molecule has 2 aliphatic heterocycles. The van der Waals surface area contributed by atoms with Crippen LogP contribution < -0.4 is 0 Å². The van der Waals surface area contributed by atoms with E-state index in [0.29, 0.717) is 13.0 Å². The summed E-state index contributed by atoms with van der Waals surface area (Å²) in [5, 5.41) is 0. The van der Waals surface area contributed by atoms with Crippen LogP contribution in [0.4, 0.5) is 4.79 Å². The number of carbonyl (C=O) groups is 2. The fourth-order valence-corrected chi connectivity index (χ4v) is 4.48. The summed E-state index contributed by atoms with van der Waals surface area (Å²) >= 11 is 0. The van der Waals surface area contributed by atoms with Gasteiger partial charge in [0.2, 0.25) is 0 Å². The van der Waals surface area contributed by atoms with E-state index in [0.717, 1.165) is 0 Å². The monoisotopic (exact) mass is 349 g/mol. The van der Waals surface area contributed by atoms with Crippen LogP contribution in [0, 0.1) is 0 Å². The molecule has 5 nitrogen and oxygen atoms in total. The molecule has 132 valence electrons. The van der Waals surface area contributed by atoms with Crippen LogP contribution in [0.15, 0.2) is 48.5 Å². The Balaban J connectivity index is 1.36. The third-order valence-corrected chi connectivity index (χ3v) is 5.68. The van der Waals surface area contributed by atoms with Crippen LogP contribution >= 0.6 is 0 Å². The minimum Gasteiger partial charge on any atom is -0.448 e. The quantitative estimate of drug-likeness (QED) is 0.836. The minimum atomic E-state index is -0.467. The lowest BCUT2D eigenvalue weighted by Gasteiger charge is -2.22. The molecule has 5 rings (SSSR count). The van der Waals surface area contributed by atoms with E-state index in [2.05, 4.69) is 24.3 Å². The van der Waals surface area contributed by atoms with E-state index >= 15 is 0 Å². The van der Waals surface area contributed by atoms with Crippen LogP contribution in [0.1, 0.15) is 23.5 Å². The number of amides is 1. The summed E-state index contributed by atoms with van der Waals surface area (Å²) in [5.41, 5.74) is 4.76. The largest absolute Gasteiger partial charge is 0.448 e. The molecule has 2 aromatic carbocycles. The third kappa shape index (κ3) is 2.27. The molecule has 2 unspecified atom stereocenters. The standard InChI is InChI=1S/C21H19NO4/c23-18-12-25-19-9-10-22(20(18)19)21(24)26-11-17-15-7-3-1-5-13(15)14-6-2-4-8-16(14)17/h1-8,17,19-20H,9-12H2. The molecule has 0 aromatic heterocycles. The molecule has 2 fully saturated rings. The number of hydrogen-bond donors (Lipinski definition) is 0. The molecule has 2 atom stereocenters. The number of fused-ring (bicyclic) bond motifs is 4. The van der Waals surface area contributed by atoms with Gasteiger partial charge in [-0.3, -0.25) is 9.69 Å². The summed E-state index contributed by atoms with van der Waals surface area (Å²) in [7, 11) is 0. The van der Waals surface area contributed by atoms with Crippen LogP contribution in [-0.2, 0) is 14.3 Å². The second-order valence-corrected chi connectivity index (χ2v) is 7.05. The van der Waals surface area contributed by atoms with E-state index in [4.69, 9.17) is 9.47 Å². The highest BCUT2D eigenvalue weighted by atomic mass is 16.6. The number of carbonyl (C=O) groups excluding carboxylic acids is 2. The first-order valence-corrected chi connectivity index (χ1v) is 9.00. The first-order chi connectivity index (χ1) is 12.7. The average molecular weight is 349 g/mol. The van der Waals surface area contributed by atoms with E-state index in [-0.39, 0.29) is 31.0 Å². The Morgan fingerprint density at radius 1 is 1.08 bits per heavy atom. The molecule has 1 amide bonds. The number of nitrogens with zero attached hydrogens (tertiary/aromatic N) is 1. The van der Waals surface area contributed by atoms with Gasteiger partial charge < -0.3 is 9.47 Å². The number of rotatable bonds is 2. The molecule has 0 spiro atoms. The Bertz CT molecular complexity index is 848. The zero-order chi connectivity index (χ0) is 17.7. The number of Topliss-reactive ketones (excluding diaryl/α,β-unsaturated/α-hetero) is 1. The van der Waals surface area contributed by atoms with Crippen LogP contribution in [-0.4, -0.2) is 48.7 Å². The maximum Gasteiger partial charge on any atom is 0.410 e. The molecule has 26 heavy (non-hydrogen) atoms. The Labute approximate surface area is 151 Å². The molecule has 2 heterocycles. The summed E-state index contributed by atoms with van der Waals surface area (Å²) in [6, 6.07) is 16.0. The van der Waals surface area contributed by atoms with Crippen molar-refractivity contribution in [1.82, 2.24) is 4.90 Å². The summed E-state index contributed by atoms with van der Waals surface area (Å²) < 4.78 is 11.1. The molecule has 0 bridgehead atoms. The summed E-state index contributed by atoms with van der Waals surface area (Å²) in [6.07, 6.45) is 0.113. The van der Waals surface area contributed by atoms with Crippen molar-refractivity contribution in [2.75, 3.05) is 19.8 Å². The number of ether oxygens (including phenoxy) is 2. The molecule has 1 aliphatic carbocycles. The minimum absolute atomic E-state index is 0.0268. The van der Waals surface area contributed by atoms with Crippen molar-refractivity contribution in [3.8, 4) is 11.1 Å². The molecular weight excluding hydrogens is 330 g/mol. The van der Waals surface area contributed by atoms with Gasteiger partial charge in [-0.15, -0.1) is 0 Å². The van der Waals surface area contributed by atoms with Gasteiger partial charge in [0.15, 0.2) is 5.78 Å². The van der Waals surface area contributed by atoms with E-state index < -0.39 is 12.1 Å². The van der Waals surface area contributed by atoms with Crippen LogP contribution in [0.3, 0.4) is 0 Å². The number of hydrogen-bond acceptors (Lipinski definition) is 4. The maximum atomic E-state index is 12.6. The summed E-state index contributed by atoms with van der Waals surface area (Å²) in [6.45, 7) is 0.885. The zero-order valence-electron chi connectivity index (χ0n) is 14.3. The van der Waals surface area contributed by atoms with Crippen molar-refractivity contribution >= 4 is 11.9 Å². The molecule has 0 saturated carbocycles. The van der Waals surface area contributed by atoms with Crippen molar-refractivity contribution in [2.45, 2.75) is 24.5 Å². The molecule has 0 radical (unpaired) electrons. The lowest BCUT2D eigenvalue weighted by Crippen LogP contribution is -2.42. The predicted octanol–water partition coefficient (Wildman–Crippen LogP) is 2.98. The van der Waals surface area contributed by atoms with Gasteiger partial charge in [0.05, 0.1) is 6.10 Å². The Hall–Kier alpha value is -2.66. The van der Waals surface area contributed by atoms with Crippen LogP contribution in [0.25, 0.3) is 11.1 Å². The highest BCUT2D eigenvalue weighted by Crippen LogP contribution is 2.44. The Kier molecular flexibility index (Phi) is 3.57. The van der Waals surface area contributed by atoms with E-state index in [1.54, 1.807) is 0 Å². The number of ketones is 1. The SMILES string of the molecule is O=C1COC2CCN(C(=O)OCC3c4ccccc4-c4ccccc43)C12. The van der Waals surface area contributed by atoms with Gasteiger partial charge in [0.1, 0.15) is 19.3 Å². The predicted molar refractivity (Wildman–Crippen MR) is 94.9 cm³/mol. The maximum absolute atomic E-state index is 12.6. The zero-order valence-corrected chi connectivity index (χ0v) is 14.3. The van der Waals surface area contributed by atoms with Crippen molar-refractivity contribution in [3.05, 3.63) is 59.7 Å². The van der Waals surface area contributed by atoms with Crippen molar-refractivity contribution < 1.29 is 19.1 Å². The van der Waals surface area contributed by atoms with Crippen LogP contribution in [0.2, 0.25) is 0 Å². The average Bonchev–Trinajstić information content (AvgIpc) is 3.34. The molecule has 0 N–H and O–H groups in total. The third-order valence-electron chi connectivity index (χ3n) is 5.68. The fraction of sp³-hybridized carbons (Fsp3) is 0.333. The highest BCUT2D eigenvalue weighted by molar-refractivity contribution is 5.91. The van der Waals surface area contributed by atoms with Gasteiger partial charge >= 0.3 is 6.09 Å². The fourth-order valence-electron chi connectivity index (χ4n) is 4.48. The number of benzene rings is 2. The van der Waals surface area contributed by atoms with Gasteiger partial charge in [-0.25, -0.2) is 4.79 Å². The first kappa shape index (κ1) is 15.6. The van der Waals surface area contributed by atoms with Crippen molar-refractivity contribution in [3.63, 3.8) is 0 Å². The summed E-state index contributed by atoms with van der Waals surface area (Å²) in [4.78, 5) is 26.1. The second kappa shape index (κ2) is 5.95. The molecule has 5 heteroatoms. The number of likely N-dealkylation sites (tertiary alicyclic amines) is 1. The van der Waals surface area contributed by atoms with Crippen LogP contribution in [0.5, 0.6) is 0 Å². The lowest BCUT2D eigenvalue weighted by atomic mass is 9.98. The highest BCUT2D eigenvalue weighted by Gasteiger charge is 2.47. The van der Waals surface area contributed by atoms with Crippen molar-refractivity contribution in [2.24, 2.45) is 0 Å². The van der Waals surface area contributed by atoms with Gasteiger partial charge in [-0.2, -0.15) is 0 Å². The smallest absolute Gasteiger partial charge is 0.410 e. The van der Waals surface area contributed by atoms with E-state index in [1.165, 1.54) is 27.2 Å².